The summed E-state index contributed by atoms with van der Waals surface area (Å²) in [6.45, 7) is -0.0396. The van der Waals surface area contributed by atoms with Crippen molar-refractivity contribution in [2.24, 2.45) is 0 Å². The molecule has 0 unspecified atom stereocenters. The minimum absolute atomic E-state index is 0.0396. The first kappa shape index (κ1) is 18.3. The maximum atomic E-state index is 12.9. The normalized spacial score (nSPS) is 21.4. The van der Waals surface area contributed by atoms with Crippen LogP contribution in [0.25, 0.3) is 0 Å². The quantitative estimate of drug-likeness (QED) is 0.800. The molecule has 2 aliphatic rings. The molecule has 3 rings (SSSR count). The number of rotatable bonds is 3. The average Bonchev–Trinajstić information content (AvgIpc) is 2.59. The van der Waals surface area contributed by atoms with Crippen molar-refractivity contribution in [2.45, 2.75) is 44.2 Å². The summed E-state index contributed by atoms with van der Waals surface area (Å²) in [7, 11) is -1.77. The lowest BCUT2D eigenvalue weighted by Gasteiger charge is -2.38. The van der Waals surface area contributed by atoms with Gasteiger partial charge in [-0.25, -0.2) is 8.42 Å². The van der Waals surface area contributed by atoms with Crippen LogP contribution < -0.4 is 9.04 Å². The highest BCUT2D eigenvalue weighted by atomic mass is 35.5. The van der Waals surface area contributed by atoms with Gasteiger partial charge < -0.3 is 9.64 Å². The van der Waals surface area contributed by atoms with Gasteiger partial charge >= 0.3 is 0 Å². The predicted molar refractivity (Wildman–Crippen MR) is 97.7 cm³/mol. The molecule has 0 bridgehead atoms. The topological polar surface area (TPSA) is 66.9 Å². The summed E-state index contributed by atoms with van der Waals surface area (Å²) in [5, 5.41) is 0.417. The molecule has 0 saturated heterocycles. The first-order valence-electron chi connectivity index (χ1n) is 8.48. The fraction of sp³-hybridized carbons (Fsp3) is 0.588. The molecule has 0 radical (unpaired) electrons. The van der Waals surface area contributed by atoms with Crippen molar-refractivity contribution in [1.82, 2.24) is 4.90 Å². The fourth-order valence-corrected chi connectivity index (χ4v) is 4.62. The third kappa shape index (κ3) is 3.87. The van der Waals surface area contributed by atoms with Gasteiger partial charge in [0.25, 0.3) is 5.91 Å². The van der Waals surface area contributed by atoms with E-state index >= 15 is 0 Å². The zero-order chi connectivity index (χ0) is 18.2. The Balaban J connectivity index is 1.86. The molecular formula is C17H23ClN2O4S. The Morgan fingerprint density at radius 2 is 1.96 bits per heavy atom. The van der Waals surface area contributed by atoms with E-state index in [1.807, 2.05) is 0 Å². The van der Waals surface area contributed by atoms with E-state index in [0.29, 0.717) is 16.5 Å². The molecule has 1 aliphatic carbocycles. The lowest BCUT2D eigenvalue weighted by molar-refractivity contribution is -0.139. The van der Waals surface area contributed by atoms with Crippen molar-refractivity contribution in [3.05, 3.63) is 23.2 Å². The highest BCUT2D eigenvalue weighted by Gasteiger charge is 2.37. The molecule has 1 heterocycles. The molecule has 0 aromatic heterocycles. The summed E-state index contributed by atoms with van der Waals surface area (Å²) in [6, 6.07) is 4.97. The van der Waals surface area contributed by atoms with Gasteiger partial charge in [-0.1, -0.05) is 30.9 Å². The van der Waals surface area contributed by atoms with Gasteiger partial charge in [0, 0.05) is 18.1 Å². The van der Waals surface area contributed by atoms with Crippen LogP contribution in [0.1, 0.15) is 32.1 Å². The number of anilines is 1. The van der Waals surface area contributed by atoms with Gasteiger partial charge in [-0.2, -0.15) is 0 Å². The molecule has 0 spiro atoms. The van der Waals surface area contributed by atoms with Crippen molar-refractivity contribution < 1.29 is 17.9 Å². The number of hydrogen-bond acceptors (Lipinski definition) is 4. The van der Waals surface area contributed by atoms with Gasteiger partial charge in [0.1, 0.15) is 5.75 Å². The van der Waals surface area contributed by atoms with E-state index in [1.165, 1.54) is 10.7 Å². The molecule has 1 saturated carbocycles. The van der Waals surface area contributed by atoms with Gasteiger partial charge in [0.15, 0.2) is 6.10 Å². The Bertz CT molecular complexity index is 762. The number of likely N-dealkylation sites (N-methyl/N-ethyl adjacent to an activating group) is 1. The summed E-state index contributed by atoms with van der Waals surface area (Å²) in [4.78, 5) is 14.6. The SMILES string of the molecule is CN(C(=O)[C@@H]1CN(S(C)(=O)=O)c2cc(Cl)ccc2O1)C1CCCCC1. The lowest BCUT2D eigenvalue weighted by Crippen LogP contribution is -2.53. The van der Waals surface area contributed by atoms with Crippen molar-refractivity contribution in [3.63, 3.8) is 0 Å². The van der Waals surface area contributed by atoms with E-state index < -0.39 is 16.1 Å². The molecule has 1 atom stereocenters. The van der Waals surface area contributed by atoms with Crippen molar-refractivity contribution in [3.8, 4) is 5.75 Å². The van der Waals surface area contributed by atoms with Crippen LogP contribution in [0, 0.1) is 0 Å². The number of benzene rings is 1. The van der Waals surface area contributed by atoms with Crippen LogP contribution >= 0.6 is 11.6 Å². The first-order valence-corrected chi connectivity index (χ1v) is 10.7. The number of halogens is 1. The molecule has 1 aromatic rings. The Labute approximate surface area is 153 Å². The van der Waals surface area contributed by atoms with Crippen LogP contribution in [0.2, 0.25) is 5.02 Å². The third-order valence-corrected chi connectivity index (χ3v) is 6.32. The molecule has 1 aliphatic heterocycles. The van der Waals surface area contributed by atoms with Crippen molar-refractivity contribution >= 4 is 33.2 Å². The Kier molecular flexibility index (Phi) is 5.16. The van der Waals surface area contributed by atoms with E-state index in [9.17, 15) is 13.2 Å². The minimum Gasteiger partial charge on any atom is -0.476 e. The molecular weight excluding hydrogens is 364 g/mol. The molecule has 25 heavy (non-hydrogen) atoms. The predicted octanol–water partition coefficient (Wildman–Crippen LogP) is 2.66. The standard InChI is InChI=1S/C17H23ClN2O4S/c1-19(13-6-4-3-5-7-13)17(21)16-11-20(25(2,22)23)14-10-12(18)8-9-15(14)24-16/h8-10,13,16H,3-7,11H2,1-2H3/t16-/m0/s1. The van der Waals surface area contributed by atoms with E-state index in [4.69, 9.17) is 16.3 Å². The summed E-state index contributed by atoms with van der Waals surface area (Å²) < 4.78 is 31.4. The number of hydrogen-bond donors (Lipinski definition) is 0. The molecule has 1 aromatic carbocycles. The maximum absolute atomic E-state index is 12.9. The Morgan fingerprint density at radius 3 is 2.60 bits per heavy atom. The fourth-order valence-electron chi connectivity index (χ4n) is 3.54. The number of amides is 1. The second-order valence-corrected chi connectivity index (χ2v) is 9.10. The van der Waals surface area contributed by atoms with Crippen LogP contribution in [0.15, 0.2) is 18.2 Å². The Morgan fingerprint density at radius 1 is 1.28 bits per heavy atom. The lowest BCUT2D eigenvalue weighted by atomic mass is 9.94. The maximum Gasteiger partial charge on any atom is 0.265 e. The largest absolute Gasteiger partial charge is 0.476 e. The summed E-state index contributed by atoms with van der Waals surface area (Å²) in [5.41, 5.74) is 0.374. The summed E-state index contributed by atoms with van der Waals surface area (Å²) >= 11 is 5.99. The second-order valence-electron chi connectivity index (χ2n) is 6.75. The molecule has 0 N–H and O–H groups in total. The summed E-state index contributed by atoms with van der Waals surface area (Å²) in [6.07, 6.45) is 5.67. The van der Waals surface area contributed by atoms with E-state index in [-0.39, 0.29) is 18.5 Å². The molecule has 138 valence electrons. The monoisotopic (exact) mass is 386 g/mol. The smallest absolute Gasteiger partial charge is 0.265 e. The summed E-state index contributed by atoms with van der Waals surface area (Å²) in [5.74, 6) is 0.178. The molecule has 6 nitrogen and oxygen atoms in total. The zero-order valence-electron chi connectivity index (χ0n) is 14.4. The van der Waals surface area contributed by atoms with Gasteiger partial charge in [0.05, 0.1) is 18.5 Å². The van der Waals surface area contributed by atoms with Gasteiger partial charge in [0.2, 0.25) is 10.0 Å². The molecule has 8 heteroatoms. The van der Waals surface area contributed by atoms with Crippen LogP contribution in [-0.4, -0.2) is 51.2 Å². The highest BCUT2D eigenvalue weighted by Crippen LogP contribution is 2.37. The van der Waals surface area contributed by atoms with Crippen molar-refractivity contribution in [2.75, 3.05) is 24.2 Å². The Hall–Kier alpha value is -1.47. The zero-order valence-corrected chi connectivity index (χ0v) is 16.0. The van der Waals surface area contributed by atoms with Crippen LogP contribution in [0.3, 0.4) is 0 Å². The number of carbonyl (C=O) groups excluding carboxylic acids is 1. The second kappa shape index (κ2) is 7.03. The van der Waals surface area contributed by atoms with E-state index in [1.54, 1.807) is 30.1 Å². The van der Waals surface area contributed by atoms with Crippen molar-refractivity contribution in [1.29, 1.82) is 0 Å². The number of nitrogens with zero attached hydrogens (tertiary/aromatic N) is 2. The third-order valence-electron chi connectivity index (χ3n) is 4.94. The van der Waals surface area contributed by atoms with Gasteiger partial charge in [-0.05, 0) is 31.0 Å². The molecule has 1 fully saturated rings. The van der Waals surface area contributed by atoms with Crippen LogP contribution in [-0.2, 0) is 14.8 Å². The number of sulfonamides is 1. The first-order chi connectivity index (χ1) is 11.8. The minimum atomic E-state index is -3.55. The van der Waals surface area contributed by atoms with Gasteiger partial charge in [-0.3, -0.25) is 9.10 Å². The average molecular weight is 387 g/mol. The van der Waals surface area contributed by atoms with E-state index in [2.05, 4.69) is 0 Å². The molecule has 1 amide bonds. The van der Waals surface area contributed by atoms with Crippen LogP contribution in [0.4, 0.5) is 5.69 Å². The van der Waals surface area contributed by atoms with Gasteiger partial charge in [-0.15, -0.1) is 0 Å². The number of fused-ring (bicyclic) bond motifs is 1. The highest BCUT2D eigenvalue weighted by molar-refractivity contribution is 7.92. The number of ether oxygens (including phenoxy) is 1. The number of carbonyl (C=O) groups is 1. The van der Waals surface area contributed by atoms with E-state index in [0.717, 1.165) is 31.9 Å². The van der Waals surface area contributed by atoms with Crippen LogP contribution in [0.5, 0.6) is 5.75 Å².